The van der Waals surface area contributed by atoms with Crippen LogP contribution in [-0.4, -0.2) is 45.1 Å². The topological polar surface area (TPSA) is 137 Å². The summed E-state index contributed by atoms with van der Waals surface area (Å²) in [5.74, 6) is -3.28. The van der Waals surface area contributed by atoms with Crippen molar-refractivity contribution < 1.29 is 19.8 Å². The number of aromatic carboxylic acids is 2. The molecule has 1 aliphatic rings. The van der Waals surface area contributed by atoms with Crippen LogP contribution in [0.4, 0.5) is 5.82 Å². The number of piperidine rings is 1. The number of hydrogen-bond acceptors (Lipinski definition) is 5. The van der Waals surface area contributed by atoms with Crippen molar-refractivity contribution in [2.45, 2.75) is 25.8 Å². The van der Waals surface area contributed by atoms with Gasteiger partial charge >= 0.3 is 11.9 Å². The lowest BCUT2D eigenvalue weighted by atomic mass is 9.94. The average Bonchev–Trinajstić information content (AvgIpc) is 2.62. The summed E-state index contributed by atoms with van der Waals surface area (Å²) < 4.78 is 0. The lowest BCUT2D eigenvalue weighted by molar-refractivity contribution is 0.0695. The van der Waals surface area contributed by atoms with E-state index in [0.29, 0.717) is 5.56 Å². The fourth-order valence-electron chi connectivity index (χ4n) is 3.49. The molecule has 8 heteroatoms. The first kappa shape index (κ1) is 18.7. The maximum absolute atomic E-state index is 12.1. The van der Waals surface area contributed by atoms with Crippen LogP contribution in [0.5, 0.6) is 0 Å². The normalized spacial score (nSPS) is 14.8. The summed E-state index contributed by atoms with van der Waals surface area (Å²) >= 11 is 0. The Hall–Kier alpha value is -3.13. The molecule has 0 saturated carbocycles. The second-order valence-electron chi connectivity index (χ2n) is 6.64. The minimum absolute atomic E-state index is 0.180. The summed E-state index contributed by atoms with van der Waals surface area (Å²) in [6, 6.07) is 6.90. The van der Waals surface area contributed by atoms with Crippen LogP contribution in [0, 0.1) is 0 Å². The molecule has 27 heavy (non-hydrogen) atoms. The van der Waals surface area contributed by atoms with Gasteiger partial charge in [-0.1, -0.05) is 30.7 Å². The Labute approximate surface area is 155 Å². The molecule has 0 unspecified atom stereocenters. The van der Waals surface area contributed by atoms with Gasteiger partial charge in [0, 0.05) is 12.1 Å². The summed E-state index contributed by atoms with van der Waals surface area (Å²) in [4.78, 5) is 39.7. The van der Waals surface area contributed by atoms with Gasteiger partial charge in [0.15, 0.2) is 0 Å². The molecule has 0 radical (unpaired) electrons. The average molecular weight is 371 g/mol. The number of carbonyl (C=O) groups is 2. The van der Waals surface area contributed by atoms with Crippen LogP contribution < -0.4 is 11.3 Å². The van der Waals surface area contributed by atoms with Gasteiger partial charge in [-0.3, -0.25) is 9.69 Å². The minimum atomic E-state index is -1.51. The van der Waals surface area contributed by atoms with E-state index in [4.69, 9.17) is 5.73 Å². The summed E-state index contributed by atoms with van der Waals surface area (Å²) in [6.45, 7) is 2.85. The van der Waals surface area contributed by atoms with E-state index in [1.807, 2.05) is 12.1 Å². The third kappa shape index (κ3) is 3.85. The minimum Gasteiger partial charge on any atom is -0.478 e. The zero-order chi connectivity index (χ0) is 19.6. The lowest BCUT2D eigenvalue weighted by Gasteiger charge is -2.26. The molecule has 2 heterocycles. The summed E-state index contributed by atoms with van der Waals surface area (Å²) in [7, 11) is 0. The van der Waals surface area contributed by atoms with Crippen molar-refractivity contribution in [2.24, 2.45) is 0 Å². The van der Waals surface area contributed by atoms with Crippen molar-refractivity contribution in [3.63, 3.8) is 0 Å². The fourth-order valence-corrected chi connectivity index (χ4v) is 3.49. The van der Waals surface area contributed by atoms with Crippen LogP contribution in [0.2, 0.25) is 0 Å². The van der Waals surface area contributed by atoms with Gasteiger partial charge in [-0.2, -0.15) is 0 Å². The fraction of sp³-hybridized carbons (Fsp3) is 0.316. The molecule has 8 nitrogen and oxygen atoms in total. The van der Waals surface area contributed by atoms with Crippen molar-refractivity contribution in [1.29, 1.82) is 0 Å². The number of hydrogen-bond donors (Lipinski definition) is 4. The van der Waals surface area contributed by atoms with Crippen LogP contribution in [0.3, 0.4) is 0 Å². The first-order valence-corrected chi connectivity index (χ1v) is 8.72. The number of aromatic nitrogens is 1. The number of anilines is 1. The highest BCUT2D eigenvalue weighted by atomic mass is 16.4. The molecule has 5 N–H and O–H groups in total. The Bertz CT molecular complexity index is 928. The predicted molar refractivity (Wildman–Crippen MR) is 100.0 cm³/mol. The monoisotopic (exact) mass is 371 g/mol. The van der Waals surface area contributed by atoms with Crippen molar-refractivity contribution in [1.82, 2.24) is 9.88 Å². The maximum atomic E-state index is 12.1. The lowest BCUT2D eigenvalue weighted by Crippen LogP contribution is -2.29. The number of benzene rings is 1. The largest absolute Gasteiger partial charge is 0.478 e. The van der Waals surface area contributed by atoms with Crippen LogP contribution in [0.15, 0.2) is 29.1 Å². The smallest absolute Gasteiger partial charge is 0.342 e. The van der Waals surface area contributed by atoms with Gasteiger partial charge < -0.3 is 20.9 Å². The molecule has 0 amide bonds. The summed E-state index contributed by atoms with van der Waals surface area (Å²) in [5, 5.41) is 18.9. The second-order valence-corrected chi connectivity index (χ2v) is 6.64. The van der Waals surface area contributed by atoms with Crippen molar-refractivity contribution >= 4 is 17.8 Å². The highest BCUT2D eigenvalue weighted by Gasteiger charge is 2.26. The Balaban J connectivity index is 2.03. The van der Waals surface area contributed by atoms with Gasteiger partial charge in [0.25, 0.3) is 5.56 Å². The van der Waals surface area contributed by atoms with Gasteiger partial charge in [0.1, 0.15) is 16.9 Å². The Kier molecular flexibility index (Phi) is 5.27. The van der Waals surface area contributed by atoms with Crippen molar-refractivity contribution in [3.8, 4) is 11.1 Å². The highest BCUT2D eigenvalue weighted by molar-refractivity contribution is 6.07. The standard InChI is InChI=1S/C19H21N3O5/c20-16-14(18(24)25)13(15(19(26)27)17(23)21-16)12-6-4-11(5-7-12)10-22-8-2-1-3-9-22/h4-7H,1-3,8-10H2,(H,24,25)(H,26,27)(H3,20,21,23). The molecule has 1 fully saturated rings. The molecule has 0 aliphatic carbocycles. The number of likely N-dealkylation sites (tertiary alicyclic amines) is 1. The van der Waals surface area contributed by atoms with Crippen LogP contribution in [-0.2, 0) is 6.54 Å². The molecule has 1 aromatic heterocycles. The second kappa shape index (κ2) is 7.63. The Morgan fingerprint density at radius 3 is 2.15 bits per heavy atom. The van der Waals surface area contributed by atoms with E-state index in [2.05, 4.69) is 9.88 Å². The number of nitrogens with one attached hydrogen (secondary N) is 1. The Morgan fingerprint density at radius 1 is 1.00 bits per heavy atom. The quantitative estimate of drug-likeness (QED) is 0.631. The van der Waals surface area contributed by atoms with E-state index in [1.54, 1.807) is 12.1 Å². The van der Waals surface area contributed by atoms with E-state index < -0.39 is 28.6 Å². The van der Waals surface area contributed by atoms with E-state index >= 15 is 0 Å². The first-order valence-electron chi connectivity index (χ1n) is 8.72. The molecule has 1 aromatic carbocycles. The first-order chi connectivity index (χ1) is 12.9. The third-order valence-corrected chi connectivity index (χ3v) is 4.77. The van der Waals surface area contributed by atoms with Gasteiger partial charge in [-0.25, -0.2) is 9.59 Å². The molecule has 3 rings (SSSR count). The summed E-state index contributed by atoms with van der Waals surface area (Å²) in [6.07, 6.45) is 3.59. The predicted octanol–water partition coefficient (Wildman–Crippen LogP) is 2.01. The van der Waals surface area contributed by atoms with Crippen LogP contribution in [0.1, 0.15) is 45.5 Å². The molecule has 1 saturated heterocycles. The van der Waals surface area contributed by atoms with Crippen LogP contribution >= 0.6 is 0 Å². The molecule has 0 bridgehead atoms. The SMILES string of the molecule is Nc1[nH]c(=O)c(C(=O)O)c(-c2ccc(CN3CCCCC3)cc2)c1C(=O)O. The van der Waals surface area contributed by atoms with E-state index in [9.17, 15) is 24.6 Å². The molecule has 142 valence electrons. The van der Waals surface area contributed by atoms with E-state index in [0.717, 1.165) is 25.2 Å². The van der Waals surface area contributed by atoms with Crippen molar-refractivity contribution in [3.05, 3.63) is 51.3 Å². The molecule has 0 atom stereocenters. The number of aromatic amines is 1. The number of H-pyrrole nitrogens is 1. The molecular weight excluding hydrogens is 350 g/mol. The Morgan fingerprint density at radius 2 is 1.59 bits per heavy atom. The van der Waals surface area contributed by atoms with Gasteiger partial charge in [-0.15, -0.1) is 0 Å². The van der Waals surface area contributed by atoms with Gasteiger partial charge in [-0.05, 0) is 37.1 Å². The number of nitrogen functional groups attached to an aromatic ring is 1. The number of nitrogens with two attached hydrogens (primary N) is 1. The van der Waals surface area contributed by atoms with Gasteiger partial charge in [0.2, 0.25) is 0 Å². The number of carboxylic acids is 2. The molecule has 0 spiro atoms. The summed E-state index contributed by atoms with van der Waals surface area (Å²) in [5.41, 5.74) is 4.84. The van der Waals surface area contributed by atoms with E-state index in [1.165, 1.54) is 19.3 Å². The number of nitrogens with zero attached hydrogens (tertiary/aromatic N) is 1. The maximum Gasteiger partial charge on any atom is 0.342 e. The zero-order valence-electron chi connectivity index (χ0n) is 14.7. The molecular formula is C19H21N3O5. The zero-order valence-corrected chi connectivity index (χ0v) is 14.7. The highest BCUT2D eigenvalue weighted by Crippen LogP contribution is 2.29. The number of carboxylic acid groups (broad SMARTS) is 2. The number of pyridine rings is 1. The third-order valence-electron chi connectivity index (χ3n) is 4.77. The van der Waals surface area contributed by atoms with E-state index in [-0.39, 0.29) is 11.4 Å². The molecule has 1 aliphatic heterocycles. The van der Waals surface area contributed by atoms with Crippen LogP contribution in [0.25, 0.3) is 11.1 Å². The van der Waals surface area contributed by atoms with Gasteiger partial charge in [0.05, 0.1) is 0 Å². The molecule has 2 aromatic rings. The number of rotatable bonds is 5. The van der Waals surface area contributed by atoms with Crippen molar-refractivity contribution in [2.75, 3.05) is 18.8 Å².